The number of carbonyl (C=O) groups excluding carboxylic acids is 1. The zero-order valence-corrected chi connectivity index (χ0v) is 21.6. The molecule has 1 fully saturated rings. The van der Waals surface area contributed by atoms with E-state index in [-0.39, 0.29) is 22.7 Å². The van der Waals surface area contributed by atoms with Crippen molar-refractivity contribution in [3.63, 3.8) is 0 Å². The number of benzene rings is 2. The van der Waals surface area contributed by atoms with Crippen LogP contribution < -0.4 is 15.5 Å². The third-order valence-corrected chi connectivity index (χ3v) is 6.51. The molecular formula is C26H28ClF3N6O2. The Kier molecular flexibility index (Phi) is 8.27. The average Bonchev–Trinajstić information content (AvgIpc) is 2.88. The summed E-state index contributed by atoms with van der Waals surface area (Å²) in [6.07, 6.45) is -3.02. The molecule has 0 saturated carbocycles. The molecule has 1 aliphatic rings. The van der Waals surface area contributed by atoms with E-state index in [2.05, 4.69) is 20.6 Å². The Labute approximate surface area is 223 Å². The highest BCUT2D eigenvalue weighted by Gasteiger charge is 2.33. The van der Waals surface area contributed by atoms with Gasteiger partial charge in [-0.1, -0.05) is 23.7 Å². The van der Waals surface area contributed by atoms with Crippen LogP contribution in [0.25, 0.3) is 0 Å². The molecule has 3 N–H and O–H groups in total. The molecule has 8 nitrogen and oxygen atoms in total. The lowest BCUT2D eigenvalue weighted by molar-refractivity contribution is -0.137. The van der Waals surface area contributed by atoms with Crippen LogP contribution in [0.5, 0.6) is 0 Å². The first-order valence-corrected chi connectivity index (χ1v) is 12.4. The Morgan fingerprint density at radius 2 is 1.79 bits per heavy atom. The molecule has 4 rings (SSSR count). The minimum Gasteiger partial charge on any atom is -0.369 e. The van der Waals surface area contributed by atoms with Gasteiger partial charge in [-0.05, 0) is 42.8 Å². The number of rotatable bonds is 7. The number of hydrogen-bond acceptors (Lipinski definition) is 7. The molecule has 0 bridgehead atoms. The average molecular weight is 549 g/mol. The maximum absolute atomic E-state index is 13.7. The zero-order chi connectivity index (χ0) is 27.4. The number of hydrogen-bond donors (Lipinski definition) is 3. The highest BCUT2D eigenvalue weighted by Crippen LogP contribution is 2.35. The predicted octanol–water partition coefficient (Wildman–Crippen LogP) is 5.09. The van der Waals surface area contributed by atoms with E-state index < -0.39 is 18.0 Å². The molecule has 12 heteroatoms. The fraction of sp³-hybridized carbons (Fsp3) is 0.346. The minimum atomic E-state index is -4.59. The van der Waals surface area contributed by atoms with Crippen molar-refractivity contribution in [2.45, 2.75) is 32.3 Å². The predicted molar refractivity (Wildman–Crippen MR) is 140 cm³/mol. The number of piperazine rings is 1. The van der Waals surface area contributed by atoms with Gasteiger partial charge in [0.2, 0.25) is 5.91 Å². The van der Waals surface area contributed by atoms with Gasteiger partial charge in [-0.3, -0.25) is 9.78 Å². The van der Waals surface area contributed by atoms with Crippen LogP contribution in [0.3, 0.4) is 0 Å². The fourth-order valence-corrected chi connectivity index (χ4v) is 4.42. The summed E-state index contributed by atoms with van der Waals surface area (Å²) in [7, 11) is 0. The molecule has 1 unspecified atom stereocenters. The number of alkyl halides is 3. The molecule has 1 aromatic heterocycles. The second-order valence-corrected chi connectivity index (χ2v) is 9.46. The molecule has 2 atom stereocenters. The Morgan fingerprint density at radius 1 is 1.05 bits per heavy atom. The smallest absolute Gasteiger partial charge is 0.369 e. The van der Waals surface area contributed by atoms with Crippen LogP contribution in [0.15, 0.2) is 54.9 Å². The number of aliphatic hydroxyl groups is 1. The number of nitrogens with zero attached hydrogens (tertiary/aromatic N) is 4. The summed E-state index contributed by atoms with van der Waals surface area (Å²) >= 11 is 5.89. The van der Waals surface area contributed by atoms with E-state index >= 15 is 0 Å². The number of aromatic nitrogens is 2. The number of nitrogens with one attached hydrogen (secondary N) is 2. The van der Waals surface area contributed by atoms with Gasteiger partial charge in [0.05, 0.1) is 24.0 Å². The van der Waals surface area contributed by atoms with Gasteiger partial charge in [0.25, 0.3) is 0 Å². The molecule has 0 spiro atoms. The summed E-state index contributed by atoms with van der Waals surface area (Å²) < 4.78 is 41.2. The molecule has 2 heterocycles. The lowest BCUT2D eigenvalue weighted by atomic mass is 10.0. The third-order valence-electron chi connectivity index (χ3n) is 6.33. The lowest BCUT2D eigenvalue weighted by Gasteiger charge is -2.36. The number of carbonyl (C=O) groups is 1. The quantitative estimate of drug-likeness (QED) is 0.354. The second kappa shape index (κ2) is 11.4. The summed E-state index contributed by atoms with van der Waals surface area (Å²) in [5, 5.41) is 17.2. The summed E-state index contributed by atoms with van der Waals surface area (Å²) in [6, 6.07) is 10.5. The Balaban J connectivity index is 1.52. The van der Waals surface area contributed by atoms with Gasteiger partial charge in [-0.25, -0.2) is 4.98 Å². The van der Waals surface area contributed by atoms with E-state index in [0.717, 1.165) is 17.7 Å². The number of aliphatic hydroxyl groups excluding tert-OH is 1. The molecule has 202 valence electrons. The van der Waals surface area contributed by atoms with Gasteiger partial charge in [-0.15, -0.1) is 0 Å². The van der Waals surface area contributed by atoms with Gasteiger partial charge in [0.15, 0.2) is 6.23 Å². The first-order valence-electron chi connectivity index (χ1n) is 12.0. The van der Waals surface area contributed by atoms with Crippen LogP contribution in [0.4, 0.5) is 30.4 Å². The van der Waals surface area contributed by atoms with Crippen LogP contribution in [-0.4, -0.2) is 52.1 Å². The van der Waals surface area contributed by atoms with Crippen LogP contribution in [0, 0.1) is 0 Å². The van der Waals surface area contributed by atoms with Crippen LogP contribution >= 0.6 is 11.6 Å². The van der Waals surface area contributed by atoms with Gasteiger partial charge < -0.3 is 25.5 Å². The first-order chi connectivity index (χ1) is 18.0. The monoisotopic (exact) mass is 548 g/mol. The third kappa shape index (κ3) is 6.84. The molecule has 2 aromatic carbocycles. The highest BCUT2D eigenvalue weighted by molar-refractivity contribution is 6.29. The van der Waals surface area contributed by atoms with Gasteiger partial charge >= 0.3 is 6.18 Å². The normalized spacial score (nSPS) is 15.7. The van der Waals surface area contributed by atoms with Crippen molar-refractivity contribution in [3.05, 3.63) is 76.7 Å². The van der Waals surface area contributed by atoms with E-state index in [4.69, 9.17) is 11.6 Å². The number of amides is 1. The molecule has 1 saturated heterocycles. The van der Waals surface area contributed by atoms with Crippen molar-refractivity contribution >= 4 is 34.7 Å². The summed E-state index contributed by atoms with van der Waals surface area (Å²) in [5.74, 6) is 0.422. The van der Waals surface area contributed by atoms with E-state index in [9.17, 15) is 23.1 Å². The molecular weight excluding hydrogens is 521 g/mol. The van der Waals surface area contributed by atoms with E-state index in [0.29, 0.717) is 43.4 Å². The van der Waals surface area contributed by atoms with Crippen molar-refractivity contribution in [1.29, 1.82) is 0 Å². The van der Waals surface area contributed by atoms with Crippen LogP contribution in [0.1, 0.15) is 42.8 Å². The van der Waals surface area contributed by atoms with Crippen molar-refractivity contribution in [2.24, 2.45) is 0 Å². The van der Waals surface area contributed by atoms with Gasteiger partial charge in [0.1, 0.15) is 11.0 Å². The lowest BCUT2D eigenvalue weighted by Crippen LogP contribution is -2.48. The highest BCUT2D eigenvalue weighted by atomic mass is 35.5. The first kappa shape index (κ1) is 27.5. The van der Waals surface area contributed by atoms with Gasteiger partial charge in [0, 0.05) is 50.0 Å². The fourth-order valence-electron chi connectivity index (χ4n) is 4.27. The molecule has 1 aliphatic heterocycles. The molecule has 3 aromatic rings. The maximum Gasteiger partial charge on any atom is 0.416 e. The Bertz CT molecular complexity index is 1280. The van der Waals surface area contributed by atoms with Crippen molar-refractivity contribution in [1.82, 2.24) is 14.9 Å². The minimum absolute atomic E-state index is 0.0683. The standard InChI is InChI=1S/C26H28ClF3N6O2/c1-16(32-24-15-31-14-23(27)34-24)18-4-3-5-21(11-18)33-25(38)19-10-20(26(28,29)30)13-22(12-19)36-8-6-35(7-9-36)17(2)37/h3-5,10-16,25,33,38H,6-9H2,1-2H3,(H,32,34)/t16-,25?/m0/s1. The van der Waals surface area contributed by atoms with Crippen LogP contribution in [-0.2, 0) is 11.0 Å². The Hall–Kier alpha value is -3.57. The van der Waals surface area contributed by atoms with Crippen LogP contribution in [0.2, 0.25) is 5.15 Å². The van der Waals surface area contributed by atoms with Crippen molar-refractivity contribution in [3.8, 4) is 0 Å². The van der Waals surface area contributed by atoms with Crippen molar-refractivity contribution < 1.29 is 23.1 Å². The molecule has 0 aliphatic carbocycles. The molecule has 0 radical (unpaired) electrons. The SMILES string of the molecule is CC(=O)N1CCN(c2cc(C(O)Nc3cccc([C@H](C)Nc4cncc(Cl)n4)c3)cc(C(F)(F)F)c2)CC1. The zero-order valence-electron chi connectivity index (χ0n) is 20.8. The van der Waals surface area contributed by atoms with E-state index in [1.54, 1.807) is 40.3 Å². The Morgan fingerprint density at radius 3 is 2.45 bits per heavy atom. The summed E-state index contributed by atoms with van der Waals surface area (Å²) in [5.41, 5.74) is 0.934. The largest absolute Gasteiger partial charge is 0.416 e. The van der Waals surface area contributed by atoms with Crippen molar-refractivity contribution in [2.75, 3.05) is 41.7 Å². The molecule has 1 amide bonds. The second-order valence-electron chi connectivity index (χ2n) is 9.07. The molecule has 38 heavy (non-hydrogen) atoms. The van der Waals surface area contributed by atoms with E-state index in [1.807, 2.05) is 13.0 Å². The maximum atomic E-state index is 13.7. The van der Waals surface area contributed by atoms with E-state index in [1.165, 1.54) is 13.1 Å². The van der Waals surface area contributed by atoms with Gasteiger partial charge in [-0.2, -0.15) is 13.2 Å². The topological polar surface area (TPSA) is 93.6 Å². The summed E-state index contributed by atoms with van der Waals surface area (Å²) in [4.78, 5) is 23.2. The number of anilines is 3. The summed E-state index contributed by atoms with van der Waals surface area (Å²) in [6.45, 7) is 5.00. The number of halogens is 4.